The first-order chi connectivity index (χ1) is 15.7. The third-order valence-electron chi connectivity index (χ3n) is 5.95. The lowest BCUT2D eigenvalue weighted by Gasteiger charge is -2.34. The summed E-state index contributed by atoms with van der Waals surface area (Å²) < 4.78 is 0. The van der Waals surface area contributed by atoms with Crippen LogP contribution in [0.5, 0.6) is 0 Å². The van der Waals surface area contributed by atoms with Crippen molar-refractivity contribution in [3.05, 3.63) is 71.8 Å². The van der Waals surface area contributed by atoms with Crippen molar-refractivity contribution in [2.45, 2.75) is 25.3 Å². The number of nitrogens with one attached hydrogen (secondary N) is 2. The summed E-state index contributed by atoms with van der Waals surface area (Å²) >= 11 is 0. The Bertz CT molecular complexity index is 932. The lowest BCUT2D eigenvalue weighted by molar-refractivity contribution is -0.116. The Balaban J connectivity index is 1.17. The Kier molecular flexibility index (Phi) is 7.69. The topological polar surface area (TPSA) is 64.7 Å². The summed E-state index contributed by atoms with van der Waals surface area (Å²) in [5.74, 6) is -0.161. The number of rotatable bonds is 9. The molecule has 6 heteroatoms. The first-order valence-corrected chi connectivity index (χ1v) is 11.5. The van der Waals surface area contributed by atoms with Crippen LogP contribution in [0.15, 0.2) is 60.7 Å². The fourth-order valence-electron chi connectivity index (χ4n) is 3.85. The molecule has 1 heterocycles. The van der Waals surface area contributed by atoms with Crippen molar-refractivity contribution >= 4 is 23.6 Å². The molecule has 1 aliphatic heterocycles. The third kappa shape index (κ3) is 6.77. The fourth-order valence-corrected chi connectivity index (χ4v) is 3.85. The van der Waals surface area contributed by atoms with Gasteiger partial charge in [-0.05, 0) is 30.5 Å². The maximum absolute atomic E-state index is 12.5. The first kappa shape index (κ1) is 22.2. The minimum absolute atomic E-state index is 0.0510. The first-order valence-electron chi connectivity index (χ1n) is 11.5. The number of hydrogen-bond donors (Lipinski definition) is 2. The second-order valence-corrected chi connectivity index (χ2v) is 8.55. The maximum atomic E-state index is 12.5. The Hall–Kier alpha value is -2.96. The number of para-hydroxylation sites is 1. The van der Waals surface area contributed by atoms with Crippen LogP contribution < -0.4 is 10.6 Å². The number of carbonyl (C=O) groups excluding carboxylic acids is 2. The van der Waals surface area contributed by atoms with E-state index in [-0.39, 0.29) is 11.8 Å². The largest absolute Gasteiger partial charge is 0.349 e. The summed E-state index contributed by atoms with van der Waals surface area (Å²) in [7, 11) is 0. The van der Waals surface area contributed by atoms with Crippen molar-refractivity contribution in [2.75, 3.05) is 44.6 Å². The molecular formula is C26H32N4O2. The van der Waals surface area contributed by atoms with Gasteiger partial charge in [-0.1, -0.05) is 54.6 Å². The van der Waals surface area contributed by atoms with E-state index in [0.717, 1.165) is 52.1 Å². The summed E-state index contributed by atoms with van der Waals surface area (Å²) in [5, 5.41) is 5.92. The van der Waals surface area contributed by atoms with Crippen molar-refractivity contribution in [1.82, 2.24) is 15.1 Å². The zero-order chi connectivity index (χ0) is 22.2. The van der Waals surface area contributed by atoms with Gasteiger partial charge in [-0.15, -0.1) is 0 Å². The molecule has 1 saturated heterocycles. The molecule has 2 amide bonds. The van der Waals surface area contributed by atoms with Gasteiger partial charge in [0.05, 0.1) is 11.3 Å². The van der Waals surface area contributed by atoms with Gasteiger partial charge in [0.1, 0.15) is 0 Å². The number of piperazine rings is 1. The van der Waals surface area contributed by atoms with E-state index in [2.05, 4.69) is 56.9 Å². The Labute approximate surface area is 190 Å². The highest BCUT2D eigenvalue weighted by atomic mass is 16.2. The predicted molar refractivity (Wildman–Crippen MR) is 129 cm³/mol. The Morgan fingerprint density at radius 3 is 2.34 bits per heavy atom. The summed E-state index contributed by atoms with van der Waals surface area (Å²) in [5.41, 5.74) is 2.35. The Morgan fingerprint density at radius 2 is 1.59 bits per heavy atom. The van der Waals surface area contributed by atoms with Crippen LogP contribution in [0.2, 0.25) is 0 Å². The van der Waals surface area contributed by atoms with Gasteiger partial charge in [0.25, 0.3) is 5.91 Å². The molecule has 0 bridgehead atoms. The SMILES string of the molecule is O=C(CCN1CCN(C/C=C/c2ccccc2)CC1)Nc1ccccc1C(=O)NC1CC1. The molecule has 2 aromatic rings. The smallest absolute Gasteiger partial charge is 0.253 e. The van der Waals surface area contributed by atoms with Crippen LogP contribution in [-0.2, 0) is 4.79 Å². The van der Waals surface area contributed by atoms with Crippen molar-refractivity contribution in [2.24, 2.45) is 0 Å². The number of hydrogen-bond acceptors (Lipinski definition) is 4. The lowest BCUT2D eigenvalue weighted by atomic mass is 10.1. The predicted octanol–water partition coefficient (Wildman–Crippen LogP) is 3.24. The number of anilines is 1. The number of benzene rings is 2. The molecule has 32 heavy (non-hydrogen) atoms. The van der Waals surface area contributed by atoms with Crippen molar-refractivity contribution in [3.8, 4) is 0 Å². The molecule has 2 aliphatic rings. The molecule has 0 radical (unpaired) electrons. The van der Waals surface area contributed by atoms with Crippen LogP contribution in [0.1, 0.15) is 35.2 Å². The molecule has 1 saturated carbocycles. The summed E-state index contributed by atoms with van der Waals surface area (Å²) in [6.07, 6.45) is 6.88. The molecule has 0 aromatic heterocycles. The molecule has 1 aliphatic carbocycles. The van der Waals surface area contributed by atoms with E-state index < -0.39 is 0 Å². The monoisotopic (exact) mass is 432 g/mol. The molecule has 2 aromatic carbocycles. The van der Waals surface area contributed by atoms with Gasteiger partial charge < -0.3 is 15.5 Å². The normalized spacial score (nSPS) is 17.4. The van der Waals surface area contributed by atoms with Gasteiger partial charge in [0.2, 0.25) is 5.91 Å². The molecule has 0 unspecified atom stereocenters. The van der Waals surface area contributed by atoms with Crippen LogP contribution in [-0.4, -0.2) is 66.9 Å². The van der Waals surface area contributed by atoms with E-state index in [1.165, 1.54) is 5.56 Å². The van der Waals surface area contributed by atoms with E-state index in [1.807, 2.05) is 18.2 Å². The lowest BCUT2D eigenvalue weighted by Crippen LogP contribution is -2.46. The summed E-state index contributed by atoms with van der Waals surface area (Å²) in [4.78, 5) is 29.7. The minimum atomic E-state index is -0.110. The standard InChI is InChI=1S/C26H32N4O2/c31-25(28-24-11-5-4-10-23(24)26(32)27-22-12-13-22)14-16-30-19-17-29(18-20-30)15-6-9-21-7-2-1-3-8-21/h1-11,22H,12-20H2,(H,27,32)(H,28,31)/b9-6+. The van der Waals surface area contributed by atoms with Crippen LogP contribution in [0.4, 0.5) is 5.69 Å². The highest BCUT2D eigenvalue weighted by Gasteiger charge is 2.25. The zero-order valence-corrected chi connectivity index (χ0v) is 18.5. The fraction of sp³-hybridized carbons (Fsp3) is 0.385. The number of amides is 2. The molecule has 0 atom stereocenters. The molecule has 2 N–H and O–H groups in total. The van der Waals surface area contributed by atoms with E-state index in [4.69, 9.17) is 0 Å². The van der Waals surface area contributed by atoms with E-state index in [1.54, 1.807) is 12.1 Å². The highest BCUT2D eigenvalue weighted by molar-refractivity contribution is 6.03. The van der Waals surface area contributed by atoms with Crippen LogP contribution in [0.3, 0.4) is 0 Å². The maximum Gasteiger partial charge on any atom is 0.253 e. The second-order valence-electron chi connectivity index (χ2n) is 8.55. The highest BCUT2D eigenvalue weighted by Crippen LogP contribution is 2.21. The molecule has 4 rings (SSSR count). The second kappa shape index (κ2) is 11.1. The van der Waals surface area contributed by atoms with E-state index in [9.17, 15) is 9.59 Å². The quantitative estimate of drug-likeness (QED) is 0.639. The average molecular weight is 433 g/mol. The molecule has 168 valence electrons. The van der Waals surface area contributed by atoms with E-state index in [0.29, 0.717) is 23.7 Å². The van der Waals surface area contributed by atoms with Gasteiger partial charge in [0, 0.05) is 51.7 Å². The zero-order valence-electron chi connectivity index (χ0n) is 18.5. The summed E-state index contributed by atoms with van der Waals surface area (Å²) in [6, 6.07) is 17.9. The van der Waals surface area contributed by atoms with Gasteiger partial charge in [-0.2, -0.15) is 0 Å². The van der Waals surface area contributed by atoms with Gasteiger partial charge in [-0.25, -0.2) is 0 Å². The van der Waals surface area contributed by atoms with Gasteiger partial charge in [-0.3, -0.25) is 14.5 Å². The van der Waals surface area contributed by atoms with Crippen molar-refractivity contribution in [1.29, 1.82) is 0 Å². The molecule has 0 spiro atoms. The average Bonchev–Trinajstić information content (AvgIpc) is 3.63. The molecule has 2 fully saturated rings. The summed E-state index contributed by atoms with van der Waals surface area (Å²) in [6.45, 7) is 5.62. The van der Waals surface area contributed by atoms with Gasteiger partial charge in [0.15, 0.2) is 0 Å². The van der Waals surface area contributed by atoms with Crippen LogP contribution >= 0.6 is 0 Å². The Morgan fingerprint density at radius 1 is 0.906 bits per heavy atom. The molecular weight excluding hydrogens is 400 g/mol. The number of nitrogens with zero attached hydrogens (tertiary/aromatic N) is 2. The van der Waals surface area contributed by atoms with Crippen LogP contribution in [0, 0.1) is 0 Å². The van der Waals surface area contributed by atoms with Crippen molar-refractivity contribution < 1.29 is 9.59 Å². The number of carbonyl (C=O) groups is 2. The van der Waals surface area contributed by atoms with Gasteiger partial charge >= 0.3 is 0 Å². The van der Waals surface area contributed by atoms with E-state index >= 15 is 0 Å². The van der Waals surface area contributed by atoms with Crippen molar-refractivity contribution in [3.63, 3.8) is 0 Å². The minimum Gasteiger partial charge on any atom is -0.349 e. The van der Waals surface area contributed by atoms with Crippen LogP contribution in [0.25, 0.3) is 6.08 Å². The third-order valence-corrected chi connectivity index (χ3v) is 5.95. The molecule has 6 nitrogen and oxygen atoms in total.